The molecule has 0 saturated carbocycles. The molecule has 6 heteroatoms. The van der Waals surface area contributed by atoms with Crippen molar-refractivity contribution in [3.63, 3.8) is 0 Å². The zero-order valence-electron chi connectivity index (χ0n) is 17.1. The zero-order valence-corrected chi connectivity index (χ0v) is 17.1. The number of benzene rings is 2. The summed E-state index contributed by atoms with van der Waals surface area (Å²) in [6.07, 6.45) is 0. The van der Waals surface area contributed by atoms with Crippen LogP contribution in [0.2, 0.25) is 0 Å². The molecule has 1 saturated heterocycles. The monoisotopic (exact) mass is 392 g/mol. The molecule has 1 aromatic heterocycles. The number of nitrogens with one attached hydrogen (secondary N) is 2. The van der Waals surface area contributed by atoms with E-state index >= 15 is 0 Å². The number of aryl methyl sites for hydroxylation is 1. The summed E-state index contributed by atoms with van der Waals surface area (Å²) in [5.41, 5.74) is 3.64. The van der Waals surface area contributed by atoms with Gasteiger partial charge < -0.3 is 24.8 Å². The zero-order chi connectivity index (χ0) is 20.2. The third-order valence-electron chi connectivity index (χ3n) is 5.36. The number of aromatic nitrogens is 1. The standard InChI is InChI=1S/C23H28N4O2/c1-3-27-20-6-5-7-22(29-4-2)19(20)16-21(27)23(28)25-17-8-10-18(11-9-17)26-14-12-24-13-15-26/h5-11,16,24H,3-4,12-15H2,1-2H3,(H,25,28). The number of amides is 1. The van der Waals surface area contributed by atoms with Gasteiger partial charge in [-0.05, 0) is 56.3 Å². The van der Waals surface area contributed by atoms with Crippen molar-refractivity contribution in [1.29, 1.82) is 0 Å². The van der Waals surface area contributed by atoms with Gasteiger partial charge in [-0.3, -0.25) is 4.79 Å². The van der Waals surface area contributed by atoms with Crippen LogP contribution in [0.4, 0.5) is 11.4 Å². The second-order valence-corrected chi connectivity index (χ2v) is 7.13. The molecule has 2 heterocycles. The fraction of sp³-hybridized carbons (Fsp3) is 0.348. The van der Waals surface area contributed by atoms with E-state index in [-0.39, 0.29) is 5.91 Å². The van der Waals surface area contributed by atoms with Gasteiger partial charge in [0.05, 0.1) is 12.1 Å². The molecule has 1 aliphatic heterocycles. The molecule has 2 N–H and O–H groups in total. The molecule has 0 atom stereocenters. The Hall–Kier alpha value is -2.99. The molecule has 2 aromatic carbocycles. The van der Waals surface area contributed by atoms with Crippen molar-refractivity contribution < 1.29 is 9.53 Å². The average molecular weight is 393 g/mol. The molecule has 6 nitrogen and oxygen atoms in total. The Morgan fingerprint density at radius 1 is 1.10 bits per heavy atom. The molecule has 3 aromatic rings. The molecule has 0 unspecified atom stereocenters. The molecular formula is C23H28N4O2. The van der Waals surface area contributed by atoms with Crippen LogP contribution in [0.3, 0.4) is 0 Å². The lowest BCUT2D eigenvalue weighted by Gasteiger charge is -2.29. The first-order valence-corrected chi connectivity index (χ1v) is 10.3. The van der Waals surface area contributed by atoms with E-state index < -0.39 is 0 Å². The molecule has 0 aliphatic carbocycles. The SMILES string of the molecule is CCOc1cccc2c1cc(C(=O)Nc1ccc(N3CCNCC3)cc1)n2CC. The van der Waals surface area contributed by atoms with Crippen molar-refractivity contribution in [2.45, 2.75) is 20.4 Å². The second kappa shape index (κ2) is 8.57. The quantitative estimate of drug-likeness (QED) is 0.671. The van der Waals surface area contributed by atoms with Crippen LogP contribution in [-0.2, 0) is 6.54 Å². The number of anilines is 2. The van der Waals surface area contributed by atoms with Crippen LogP contribution in [0.25, 0.3) is 10.9 Å². The smallest absolute Gasteiger partial charge is 0.272 e. The Labute approximate surface area is 171 Å². The minimum Gasteiger partial charge on any atom is -0.493 e. The number of rotatable bonds is 6. The Balaban J connectivity index is 1.56. The fourth-order valence-corrected chi connectivity index (χ4v) is 3.94. The van der Waals surface area contributed by atoms with Crippen LogP contribution in [0.5, 0.6) is 5.75 Å². The maximum atomic E-state index is 13.0. The van der Waals surface area contributed by atoms with Crippen molar-refractivity contribution in [3.05, 3.63) is 54.2 Å². The first-order chi connectivity index (χ1) is 14.2. The van der Waals surface area contributed by atoms with Crippen LogP contribution < -0.4 is 20.3 Å². The first kappa shape index (κ1) is 19.3. The normalized spacial score (nSPS) is 14.2. The highest BCUT2D eigenvalue weighted by molar-refractivity contribution is 6.07. The number of fused-ring (bicyclic) bond motifs is 1. The van der Waals surface area contributed by atoms with Gasteiger partial charge in [-0.15, -0.1) is 0 Å². The molecule has 0 bridgehead atoms. The van der Waals surface area contributed by atoms with Crippen molar-refractivity contribution in [1.82, 2.24) is 9.88 Å². The van der Waals surface area contributed by atoms with E-state index in [4.69, 9.17) is 4.74 Å². The number of nitrogens with zero attached hydrogens (tertiary/aromatic N) is 2. The van der Waals surface area contributed by atoms with Crippen LogP contribution in [0.1, 0.15) is 24.3 Å². The summed E-state index contributed by atoms with van der Waals surface area (Å²) in [6, 6.07) is 16.0. The van der Waals surface area contributed by atoms with Crippen LogP contribution in [0.15, 0.2) is 48.5 Å². The molecule has 1 fully saturated rings. The van der Waals surface area contributed by atoms with E-state index in [1.807, 2.05) is 54.8 Å². The highest BCUT2D eigenvalue weighted by Crippen LogP contribution is 2.29. The molecule has 29 heavy (non-hydrogen) atoms. The van der Waals surface area contributed by atoms with Crippen LogP contribution >= 0.6 is 0 Å². The highest BCUT2D eigenvalue weighted by Gasteiger charge is 2.17. The predicted molar refractivity (Wildman–Crippen MR) is 118 cm³/mol. The van der Waals surface area contributed by atoms with E-state index in [0.717, 1.165) is 48.5 Å². The topological polar surface area (TPSA) is 58.5 Å². The average Bonchev–Trinajstić information content (AvgIpc) is 3.15. The Morgan fingerprint density at radius 3 is 2.55 bits per heavy atom. The molecule has 1 aliphatic rings. The van der Waals surface area contributed by atoms with E-state index in [1.165, 1.54) is 5.69 Å². The minimum atomic E-state index is -0.111. The van der Waals surface area contributed by atoms with Crippen LogP contribution in [0, 0.1) is 0 Å². The van der Waals surface area contributed by atoms with Crippen LogP contribution in [-0.4, -0.2) is 43.3 Å². The van der Waals surface area contributed by atoms with Gasteiger partial charge in [0.25, 0.3) is 5.91 Å². The summed E-state index contributed by atoms with van der Waals surface area (Å²) in [6.45, 7) is 9.34. The lowest BCUT2D eigenvalue weighted by Crippen LogP contribution is -2.43. The maximum absolute atomic E-state index is 13.0. The summed E-state index contributed by atoms with van der Waals surface area (Å²) < 4.78 is 7.78. The maximum Gasteiger partial charge on any atom is 0.272 e. The number of carbonyl (C=O) groups is 1. The lowest BCUT2D eigenvalue weighted by molar-refractivity contribution is 0.101. The van der Waals surface area contributed by atoms with Crippen molar-refractivity contribution in [2.24, 2.45) is 0 Å². The number of hydrogen-bond donors (Lipinski definition) is 2. The molecular weight excluding hydrogens is 364 g/mol. The van der Waals surface area contributed by atoms with Crippen molar-refractivity contribution >= 4 is 28.2 Å². The summed E-state index contributed by atoms with van der Waals surface area (Å²) in [7, 11) is 0. The van der Waals surface area contributed by atoms with Gasteiger partial charge in [-0.1, -0.05) is 6.07 Å². The summed E-state index contributed by atoms with van der Waals surface area (Å²) in [5, 5.41) is 7.38. The van der Waals surface area contributed by atoms with Gasteiger partial charge in [0.15, 0.2) is 0 Å². The largest absolute Gasteiger partial charge is 0.493 e. The molecule has 0 spiro atoms. The van der Waals surface area contributed by atoms with E-state index in [0.29, 0.717) is 18.8 Å². The van der Waals surface area contributed by atoms with Gasteiger partial charge >= 0.3 is 0 Å². The molecule has 1 amide bonds. The summed E-state index contributed by atoms with van der Waals surface area (Å²) in [4.78, 5) is 15.4. The van der Waals surface area contributed by atoms with E-state index in [2.05, 4.69) is 27.7 Å². The molecule has 0 radical (unpaired) electrons. The number of ether oxygens (including phenoxy) is 1. The lowest BCUT2D eigenvalue weighted by atomic mass is 10.2. The summed E-state index contributed by atoms with van der Waals surface area (Å²) >= 11 is 0. The second-order valence-electron chi connectivity index (χ2n) is 7.13. The Morgan fingerprint density at radius 2 is 1.86 bits per heavy atom. The minimum absolute atomic E-state index is 0.111. The molecule has 152 valence electrons. The van der Waals surface area contributed by atoms with Crippen molar-refractivity contribution in [2.75, 3.05) is 43.0 Å². The first-order valence-electron chi connectivity index (χ1n) is 10.3. The van der Waals surface area contributed by atoms with Crippen molar-refractivity contribution in [3.8, 4) is 5.75 Å². The predicted octanol–water partition coefficient (Wildman–Crippen LogP) is 3.72. The third-order valence-corrected chi connectivity index (χ3v) is 5.36. The van der Waals surface area contributed by atoms with E-state index in [9.17, 15) is 4.79 Å². The molecule has 4 rings (SSSR count). The highest BCUT2D eigenvalue weighted by atomic mass is 16.5. The van der Waals surface area contributed by atoms with E-state index in [1.54, 1.807) is 0 Å². The van der Waals surface area contributed by atoms with Gasteiger partial charge in [0.1, 0.15) is 11.4 Å². The number of piperazine rings is 1. The fourth-order valence-electron chi connectivity index (χ4n) is 3.94. The van der Waals surface area contributed by atoms with Gasteiger partial charge in [-0.2, -0.15) is 0 Å². The van der Waals surface area contributed by atoms with Gasteiger partial charge in [0, 0.05) is 49.5 Å². The van der Waals surface area contributed by atoms with Gasteiger partial charge in [0.2, 0.25) is 0 Å². The third kappa shape index (κ3) is 3.93. The van der Waals surface area contributed by atoms with Gasteiger partial charge in [-0.25, -0.2) is 0 Å². The number of hydrogen-bond acceptors (Lipinski definition) is 4. The Bertz CT molecular complexity index is 988. The Kier molecular flexibility index (Phi) is 5.71. The number of carbonyl (C=O) groups excluding carboxylic acids is 1. The summed E-state index contributed by atoms with van der Waals surface area (Å²) in [5.74, 6) is 0.701.